The molecular formula is C15H12N2O2. The first-order valence-electron chi connectivity index (χ1n) is 5.77. The number of hydrogen-bond acceptors (Lipinski definition) is 3. The van der Waals surface area contributed by atoms with Crippen molar-refractivity contribution < 1.29 is 9.90 Å². The molecule has 1 aliphatic heterocycles. The zero-order chi connectivity index (χ0) is 13.7. The zero-order valence-electron chi connectivity index (χ0n) is 10.2. The summed E-state index contributed by atoms with van der Waals surface area (Å²) in [7, 11) is 0. The normalized spacial score (nSPS) is 21.4. The Morgan fingerprint density at radius 2 is 2.37 bits per heavy atom. The largest absolute Gasteiger partial charge is 0.478 e. The molecule has 94 valence electrons. The number of allylic oxidation sites excluding steroid dienone is 1. The highest BCUT2D eigenvalue weighted by molar-refractivity contribution is 5.81. The Kier molecular flexibility index (Phi) is 3.58. The smallest absolute Gasteiger partial charge is 0.328 e. The number of carboxylic acid groups (broad SMARTS) is 1. The van der Waals surface area contributed by atoms with Gasteiger partial charge in [0, 0.05) is 12.3 Å². The van der Waals surface area contributed by atoms with Gasteiger partial charge in [0.2, 0.25) is 0 Å². The minimum absolute atomic E-state index is 0.433. The first-order valence-corrected chi connectivity index (χ1v) is 5.77. The lowest BCUT2D eigenvalue weighted by Gasteiger charge is -2.27. The number of carbonyl (C=O) groups is 1. The molecule has 1 aromatic carbocycles. The van der Waals surface area contributed by atoms with Gasteiger partial charge in [0.05, 0.1) is 23.6 Å². The molecule has 1 unspecified atom stereocenters. The van der Waals surface area contributed by atoms with E-state index < -0.39 is 11.4 Å². The molecule has 0 bridgehead atoms. The van der Waals surface area contributed by atoms with Crippen LogP contribution in [0.25, 0.3) is 0 Å². The molecule has 2 rings (SSSR count). The third kappa shape index (κ3) is 2.78. The molecule has 1 atom stereocenters. The average Bonchev–Trinajstić information content (AvgIpc) is 2.46. The van der Waals surface area contributed by atoms with Crippen molar-refractivity contribution in [3.8, 4) is 6.07 Å². The molecule has 0 aliphatic carbocycles. The van der Waals surface area contributed by atoms with Crippen LogP contribution in [0.5, 0.6) is 0 Å². The summed E-state index contributed by atoms with van der Waals surface area (Å²) in [6.07, 6.45) is 8.09. The summed E-state index contributed by atoms with van der Waals surface area (Å²) in [6.45, 7) is 0.433. The summed E-state index contributed by atoms with van der Waals surface area (Å²) >= 11 is 0. The van der Waals surface area contributed by atoms with Crippen LogP contribution in [0.2, 0.25) is 0 Å². The Hall–Kier alpha value is -2.67. The molecule has 19 heavy (non-hydrogen) atoms. The number of hydrogen-bond donors (Lipinski definition) is 1. The predicted octanol–water partition coefficient (Wildman–Crippen LogP) is 2.08. The fraction of sp³-hybridized carbons (Fsp3) is 0.133. The van der Waals surface area contributed by atoms with E-state index in [1.807, 2.05) is 12.1 Å². The second-order valence-electron chi connectivity index (χ2n) is 4.25. The van der Waals surface area contributed by atoms with Crippen LogP contribution in [-0.4, -0.2) is 23.8 Å². The molecule has 0 saturated carbocycles. The van der Waals surface area contributed by atoms with E-state index >= 15 is 0 Å². The van der Waals surface area contributed by atoms with Crippen LogP contribution in [-0.2, 0) is 10.2 Å². The number of nitrogens with zero attached hydrogens (tertiary/aromatic N) is 2. The van der Waals surface area contributed by atoms with Crippen LogP contribution in [0.1, 0.15) is 11.1 Å². The summed E-state index contributed by atoms with van der Waals surface area (Å²) in [5.41, 5.74) is 0.806. The molecule has 4 nitrogen and oxygen atoms in total. The van der Waals surface area contributed by atoms with Crippen molar-refractivity contribution in [2.45, 2.75) is 5.41 Å². The van der Waals surface area contributed by atoms with Crippen molar-refractivity contribution in [3.05, 3.63) is 59.7 Å². The highest BCUT2D eigenvalue weighted by Crippen LogP contribution is 2.30. The second kappa shape index (κ2) is 5.32. The summed E-state index contributed by atoms with van der Waals surface area (Å²) < 4.78 is 0. The summed E-state index contributed by atoms with van der Waals surface area (Å²) in [5.74, 6) is -1.00. The molecule has 1 aromatic rings. The first-order chi connectivity index (χ1) is 9.16. The van der Waals surface area contributed by atoms with E-state index in [0.29, 0.717) is 12.1 Å². The van der Waals surface area contributed by atoms with Crippen molar-refractivity contribution >= 4 is 12.2 Å². The minimum Gasteiger partial charge on any atom is -0.478 e. The van der Waals surface area contributed by atoms with Gasteiger partial charge in [-0.2, -0.15) is 5.26 Å². The fourth-order valence-corrected chi connectivity index (χ4v) is 2.02. The lowest BCUT2D eigenvalue weighted by atomic mass is 9.78. The van der Waals surface area contributed by atoms with Crippen LogP contribution < -0.4 is 0 Å². The number of aliphatic carboxylic acids is 1. The van der Waals surface area contributed by atoms with E-state index in [-0.39, 0.29) is 0 Å². The third-order valence-corrected chi connectivity index (χ3v) is 2.99. The lowest BCUT2D eigenvalue weighted by Crippen LogP contribution is -2.27. The Labute approximate surface area is 111 Å². The van der Waals surface area contributed by atoms with Gasteiger partial charge in [-0.05, 0) is 23.8 Å². The van der Waals surface area contributed by atoms with Crippen molar-refractivity contribution in [1.29, 1.82) is 5.26 Å². The summed E-state index contributed by atoms with van der Waals surface area (Å²) in [6, 6.07) is 9.22. The van der Waals surface area contributed by atoms with Crippen LogP contribution in [0, 0.1) is 11.3 Å². The van der Waals surface area contributed by atoms with Crippen molar-refractivity contribution in [1.82, 2.24) is 0 Å². The number of rotatable bonds is 3. The topological polar surface area (TPSA) is 73.5 Å². The average molecular weight is 252 g/mol. The van der Waals surface area contributed by atoms with E-state index in [1.54, 1.807) is 36.6 Å². The molecule has 4 heteroatoms. The van der Waals surface area contributed by atoms with Gasteiger partial charge in [0.15, 0.2) is 0 Å². The van der Waals surface area contributed by atoms with E-state index in [4.69, 9.17) is 10.4 Å². The number of dihydropyridines is 1. The molecule has 0 fully saturated rings. The van der Waals surface area contributed by atoms with Crippen LogP contribution in [0.4, 0.5) is 0 Å². The number of nitriles is 1. The Bertz CT molecular complexity index is 623. The van der Waals surface area contributed by atoms with Gasteiger partial charge in [0.25, 0.3) is 0 Å². The van der Waals surface area contributed by atoms with Gasteiger partial charge < -0.3 is 5.11 Å². The van der Waals surface area contributed by atoms with Gasteiger partial charge in [-0.15, -0.1) is 0 Å². The van der Waals surface area contributed by atoms with Gasteiger partial charge in [0.1, 0.15) is 0 Å². The van der Waals surface area contributed by atoms with Gasteiger partial charge in [-0.3, -0.25) is 4.99 Å². The molecule has 1 N–H and O–H groups in total. The number of aliphatic imine (C=N–C) groups is 1. The van der Waals surface area contributed by atoms with Crippen LogP contribution in [0.3, 0.4) is 0 Å². The Balaban J connectivity index is 2.49. The maximum Gasteiger partial charge on any atom is 0.328 e. The highest BCUT2D eigenvalue weighted by Gasteiger charge is 2.27. The van der Waals surface area contributed by atoms with Crippen molar-refractivity contribution in [2.24, 2.45) is 4.99 Å². The van der Waals surface area contributed by atoms with Crippen molar-refractivity contribution in [3.63, 3.8) is 0 Å². The van der Waals surface area contributed by atoms with Crippen molar-refractivity contribution in [2.75, 3.05) is 6.54 Å². The van der Waals surface area contributed by atoms with E-state index in [9.17, 15) is 4.79 Å². The molecule has 0 aromatic heterocycles. The zero-order valence-corrected chi connectivity index (χ0v) is 10.2. The number of benzene rings is 1. The van der Waals surface area contributed by atoms with E-state index in [2.05, 4.69) is 11.1 Å². The monoisotopic (exact) mass is 252 g/mol. The molecule has 0 radical (unpaired) electrons. The van der Waals surface area contributed by atoms with E-state index in [1.165, 1.54) is 0 Å². The number of carboxylic acids is 1. The summed E-state index contributed by atoms with van der Waals surface area (Å²) in [5, 5.41) is 17.8. The lowest BCUT2D eigenvalue weighted by molar-refractivity contribution is -0.131. The third-order valence-electron chi connectivity index (χ3n) is 2.99. The molecular weight excluding hydrogens is 240 g/mol. The maximum absolute atomic E-state index is 10.7. The quantitative estimate of drug-likeness (QED) is 0.837. The van der Waals surface area contributed by atoms with Gasteiger partial charge >= 0.3 is 5.97 Å². The minimum atomic E-state index is -1.00. The molecule has 1 heterocycles. The molecule has 0 amide bonds. The van der Waals surface area contributed by atoms with Gasteiger partial charge in [-0.25, -0.2) is 4.79 Å². The van der Waals surface area contributed by atoms with Crippen LogP contribution in [0.15, 0.2) is 53.6 Å². The van der Waals surface area contributed by atoms with E-state index in [0.717, 1.165) is 11.6 Å². The molecule has 0 spiro atoms. The Morgan fingerprint density at radius 3 is 3.00 bits per heavy atom. The standard InChI is InChI=1S/C15H12N2O2/c16-10-12-3-1-4-13(9-12)15(7-5-14(18)19)6-2-8-17-11-15/h1-9H,11H2,(H,18,19)/b7-5+. The molecule has 1 aliphatic rings. The Morgan fingerprint density at radius 1 is 1.53 bits per heavy atom. The fourth-order valence-electron chi connectivity index (χ4n) is 2.02. The van der Waals surface area contributed by atoms with Crippen LogP contribution >= 0.6 is 0 Å². The summed E-state index contributed by atoms with van der Waals surface area (Å²) in [4.78, 5) is 14.9. The second-order valence-corrected chi connectivity index (χ2v) is 4.25. The molecule has 0 saturated heterocycles. The predicted molar refractivity (Wildman–Crippen MR) is 72.1 cm³/mol. The SMILES string of the molecule is N#Cc1cccc(C2(/C=C/C(=O)O)C=CC=NC2)c1. The highest BCUT2D eigenvalue weighted by atomic mass is 16.4. The first kappa shape index (κ1) is 12.8. The van der Waals surface area contributed by atoms with Gasteiger partial charge in [-0.1, -0.05) is 24.3 Å². The maximum atomic E-state index is 10.7.